The van der Waals surface area contributed by atoms with Crippen molar-refractivity contribution in [1.82, 2.24) is 10.5 Å². The van der Waals surface area contributed by atoms with Crippen molar-refractivity contribution in [2.24, 2.45) is 11.8 Å². The largest absolute Gasteiger partial charge is 0.481 e. The second-order valence-electron chi connectivity index (χ2n) is 5.86. The smallest absolute Gasteiger partial charge is 0.303 e. The average Bonchev–Trinajstić information content (AvgIpc) is 2.98. The molecule has 1 saturated heterocycles. The van der Waals surface area contributed by atoms with Crippen molar-refractivity contribution in [3.05, 3.63) is 42.1 Å². The summed E-state index contributed by atoms with van der Waals surface area (Å²) in [4.78, 5) is 11.0. The van der Waals surface area contributed by atoms with E-state index in [1.807, 2.05) is 36.4 Å². The summed E-state index contributed by atoms with van der Waals surface area (Å²) < 4.78 is 5.42. The molecule has 2 N–H and O–H groups in total. The van der Waals surface area contributed by atoms with Crippen LogP contribution < -0.4 is 5.32 Å². The summed E-state index contributed by atoms with van der Waals surface area (Å²) >= 11 is 0. The molecule has 0 saturated carbocycles. The first kappa shape index (κ1) is 14.8. The summed E-state index contributed by atoms with van der Waals surface area (Å²) in [5.74, 6) is 0.533. The van der Waals surface area contributed by atoms with Gasteiger partial charge in [0, 0.05) is 18.1 Å². The molecule has 3 rings (SSSR count). The third kappa shape index (κ3) is 3.54. The molecule has 1 aromatic carbocycles. The van der Waals surface area contributed by atoms with E-state index in [1.54, 1.807) is 0 Å². The molecule has 0 aliphatic carbocycles. The van der Waals surface area contributed by atoms with Gasteiger partial charge in [-0.2, -0.15) is 0 Å². The van der Waals surface area contributed by atoms with E-state index in [0.29, 0.717) is 5.92 Å². The third-order valence-electron chi connectivity index (χ3n) is 4.29. The Balaban J connectivity index is 1.69. The van der Waals surface area contributed by atoms with Gasteiger partial charge in [0.15, 0.2) is 5.76 Å². The molecule has 2 unspecified atom stereocenters. The Morgan fingerprint density at radius 3 is 2.91 bits per heavy atom. The number of aliphatic carboxylic acids is 1. The van der Waals surface area contributed by atoms with E-state index >= 15 is 0 Å². The van der Waals surface area contributed by atoms with Crippen molar-refractivity contribution in [3.8, 4) is 11.3 Å². The van der Waals surface area contributed by atoms with Crippen LogP contribution in [0.5, 0.6) is 0 Å². The molecule has 0 spiro atoms. The minimum atomic E-state index is -0.720. The highest BCUT2D eigenvalue weighted by molar-refractivity contribution is 5.67. The number of nitrogens with one attached hydrogen (secondary N) is 1. The fourth-order valence-corrected chi connectivity index (χ4v) is 3.12. The Morgan fingerprint density at radius 1 is 1.32 bits per heavy atom. The van der Waals surface area contributed by atoms with Crippen LogP contribution in [0.4, 0.5) is 0 Å². The van der Waals surface area contributed by atoms with Gasteiger partial charge in [-0.1, -0.05) is 35.5 Å². The zero-order chi connectivity index (χ0) is 15.4. The van der Waals surface area contributed by atoms with E-state index in [9.17, 15) is 4.79 Å². The summed E-state index contributed by atoms with van der Waals surface area (Å²) in [6, 6.07) is 11.8. The average molecular weight is 300 g/mol. The zero-order valence-electron chi connectivity index (χ0n) is 12.4. The van der Waals surface area contributed by atoms with Gasteiger partial charge in [-0.25, -0.2) is 0 Å². The van der Waals surface area contributed by atoms with Crippen LogP contribution in [0.3, 0.4) is 0 Å². The Morgan fingerprint density at radius 2 is 2.14 bits per heavy atom. The second kappa shape index (κ2) is 6.75. The molecule has 2 atom stereocenters. The Labute approximate surface area is 129 Å². The number of hydrogen-bond acceptors (Lipinski definition) is 4. The van der Waals surface area contributed by atoms with Gasteiger partial charge in [-0.05, 0) is 37.8 Å². The summed E-state index contributed by atoms with van der Waals surface area (Å²) in [7, 11) is 0. The van der Waals surface area contributed by atoms with E-state index in [1.165, 1.54) is 0 Å². The molecule has 0 radical (unpaired) electrons. The number of hydrogen-bond donors (Lipinski definition) is 2. The Kier molecular flexibility index (Phi) is 4.53. The minimum Gasteiger partial charge on any atom is -0.481 e. The summed E-state index contributed by atoms with van der Waals surface area (Å²) in [5.41, 5.74) is 1.90. The topological polar surface area (TPSA) is 75.4 Å². The lowest BCUT2D eigenvalue weighted by Crippen LogP contribution is -2.38. The van der Waals surface area contributed by atoms with Gasteiger partial charge in [-0.3, -0.25) is 4.79 Å². The lowest BCUT2D eigenvalue weighted by atomic mass is 9.81. The van der Waals surface area contributed by atoms with Crippen molar-refractivity contribution >= 4 is 5.97 Å². The van der Waals surface area contributed by atoms with Gasteiger partial charge in [0.05, 0.1) is 5.69 Å². The van der Waals surface area contributed by atoms with Crippen molar-refractivity contribution in [1.29, 1.82) is 0 Å². The molecule has 116 valence electrons. The summed E-state index contributed by atoms with van der Waals surface area (Å²) in [6.45, 7) is 1.73. The van der Waals surface area contributed by atoms with Crippen molar-refractivity contribution in [2.75, 3.05) is 13.1 Å². The van der Waals surface area contributed by atoms with E-state index in [0.717, 1.165) is 42.9 Å². The van der Waals surface area contributed by atoms with Crippen LogP contribution in [0.1, 0.15) is 18.5 Å². The maximum Gasteiger partial charge on any atom is 0.303 e. The van der Waals surface area contributed by atoms with Crippen LogP contribution in [0.25, 0.3) is 11.3 Å². The van der Waals surface area contributed by atoms with Crippen molar-refractivity contribution in [2.45, 2.75) is 19.3 Å². The molecular weight excluding hydrogens is 280 g/mol. The number of piperidine rings is 1. The first-order valence-electron chi connectivity index (χ1n) is 7.66. The second-order valence-corrected chi connectivity index (χ2v) is 5.86. The fraction of sp³-hybridized carbons (Fsp3) is 0.412. The first-order chi connectivity index (χ1) is 10.7. The SMILES string of the molecule is O=C(O)CC1CCNCC1Cc1cc(-c2ccccc2)on1. The lowest BCUT2D eigenvalue weighted by molar-refractivity contribution is -0.138. The van der Waals surface area contributed by atoms with Gasteiger partial charge in [0.2, 0.25) is 0 Å². The molecular formula is C17H20N2O3. The Hall–Kier alpha value is -2.14. The van der Waals surface area contributed by atoms with Crippen LogP contribution in [0, 0.1) is 11.8 Å². The van der Waals surface area contributed by atoms with Gasteiger partial charge in [0.1, 0.15) is 0 Å². The van der Waals surface area contributed by atoms with Crippen LogP contribution >= 0.6 is 0 Å². The quantitative estimate of drug-likeness (QED) is 0.887. The van der Waals surface area contributed by atoms with Crippen LogP contribution in [0.15, 0.2) is 40.9 Å². The number of carboxylic acids is 1. The normalized spacial score (nSPS) is 21.6. The highest BCUT2D eigenvalue weighted by atomic mass is 16.5. The molecule has 1 fully saturated rings. The van der Waals surface area contributed by atoms with E-state index in [4.69, 9.17) is 9.63 Å². The van der Waals surface area contributed by atoms with Gasteiger partial charge in [-0.15, -0.1) is 0 Å². The first-order valence-corrected chi connectivity index (χ1v) is 7.66. The Bertz CT molecular complexity index is 624. The van der Waals surface area contributed by atoms with Crippen LogP contribution in [-0.2, 0) is 11.2 Å². The predicted octanol–water partition coefficient (Wildman–Crippen LogP) is 2.58. The molecule has 1 aliphatic rings. The lowest BCUT2D eigenvalue weighted by Gasteiger charge is -2.30. The molecule has 5 heteroatoms. The van der Waals surface area contributed by atoms with E-state index < -0.39 is 5.97 Å². The zero-order valence-corrected chi connectivity index (χ0v) is 12.4. The fourth-order valence-electron chi connectivity index (χ4n) is 3.12. The summed E-state index contributed by atoms with van der Waals surface area (Å²) in [6.07, 6.45) is 1.89. The molecule has 0 bridgehead atoms. The van der Waals surface area contributed by atoms with E-state index in [2.05, 4.69) is 10.5 Å². The maximum atomic E-state index is 11.0. The van der Waals surface area contributed by atoms with E-state index in [-0.39, 0.29) is 12.3 Å². The number of nitrogens with zero attached hydrogens (tertiary/aromatic N) is 1. The summed E-state index contributed by atoms with van der Waals surface area (Å²) in [5, 5.41) is 16.5. The predicted molar refractivity (Wildman–Crippen MR) is 82.4 cm³/mol. The number of rotatable bonds is 5. The molecule has 1 aliphatic heterocycles. The molecule has 2 heterocycles. The molecule has 2 aromatic rings. The maximum absolute atomic E-state index is 11.0. The number of carbonyl (C=O) groups is 1. The molecule has 22 heavy (non-hydrogen) atoms. The number of aromatic nitrogens is 1. The standard InChI is InChI=1S/C17H20N2O3/c20-17(21)9-13-6-7-18-11-14(13)8-15-10-16(22-19-15)12-4-2-1-3-5-12/h1-5,10,13-14,18H,6-9,11H2,(H,20,21). The molecule has 0 amide bonds. The van der Waals surface area contributed by atoms with Crippen LogP contribution in [-0.4, -0.2) is 29.3 Å². The van der Waals surface area contributed by atoms with Crippen LogP contribution in [0.2, 0.25) is 0 Å². The number of carboxylic acid groups (broad SMARTS) is 1. The minimum absolute atomic E-state index is 0.204. The van der Waals surface area contributed by atoms with Crippen molar-refractivity contribution < 1.29 is 14.4 Å². The molecule has 1 aromatic heterocycles. The highest BCUT2D eigenvalue weighted by Crippen LogP contribution is 2.27. The number of benzene rings is 1. The monoisotopic (exact) mass is 300 g/mol. The third-order valence-corrected chi connectivity index (χ3v) is 4.29. The van der Waals surface area contributed by atoms with Crippen molar-refractivity contribution in [3.63, 3.8) is 0 Å². The highest BCUT2D eigenvalue weighted by Gasteiger charge is 2.28. The van der Waals surface area contributed by atoms with Gasteiger partial charge < -0.3 is 14.9 Å². The molecule has 5 nitrogen and oxygen atoms in total. The van der Waals surface area contributed by atoms with Gasteiger partial charge in [0.25, 0.3) is 0 Å². The van der Waals surface area contributed by atoms with Gasteiger partial charge >= 0.3 is 5.97 Å².